The fourth-order valence-corrected chi connectivity index (χ4v) is 2.46. The summed E-state index contributed by atoms with van der Waals surface area (Å²) >= 11 is 0. The molecule has 116 valence electrons. The van der Waals surface area contributed by atoms with Crippen molar-refractivity contribution in [1.29, 1.82) is 0 Å². The van der Waals surface area contributed by atoms with Gasteiger partial charge in [0.05, 0.1) is 24.2 Å². The average molecular weight is 300 g/mol. The van der Waals surface area contributed by atoms with E-state index >= 15 is 0 Å². The Bertz CT molecular complexity index is 704. The number of hydrogen-bond acceptors (Lipinski definition) is 3. The molecule has 1 heterocycles. The minimum absolute atomic E-state index is 0.293. The molecule has 1 aliphatic carbocycles. The van der Waals surface area contributed by atoms with E-state index in [1.54, 1.807) is 11.8 Å². The van der Waals surface area contributed by atoms with Crippen molar-refractivity contribution in [3.05, 3.63) is 35.7 Å². The second kappa shape index (κ2) is 5.71. The summed E-state index contributed by atoms with van der Waals surface area (Å²) in [5, 5.41) is 10.1. The van der Waals surface area contributed by atoms with Crippen molar-refractivity contribution in [2.75, 3.05) is 17.7 Å². The molecule has 1 aliphatic rings. The van der Waals surface area contributed by atoms with Gasteiger partial charge in [0.15, 0.2) is 0 Å². The Labute approximate surface area is 129 Å². The van der Waals surface area contributed by atoms with E-state index in [1.165, 1.54) is 0 Å². The van der Waals surface area contributed by atoms with Gasteiger partial charge in [-0.2, -0.15) is 5.10 Å². The van der Waals surface area contributed by atoms with E-state index < -0.39 is 0 Å². The minimum Gasteiger partial charge on any atom is -0.495 e. The van der Waals surface area contributed by atoms with Crippen molar-refractivity contribution in [2.45, 2.75) is 25.7 Å². The van der Waals surface area contributed by atoms with Crippen LogP contribution in [0.1, 0.15) is 30.0 Å². The summed E-state index contributed by atoms with van der Waals surface area (Å²) in [6, 6.07) is 5.36. The van der Waals surface area contributed by atoms with Gasteiger partial charge in [-0.15, -0.1) is 0 Å². The molecule has 0 unspecified atom stereocenters. The Balaban J connectivity index is 1.74. The van der Waals surface area contributed by atoms with Crippen molar-refractivity contribution in [3.63, 3.8) is 0 Å². The normalized spacial score (nSPS) is 13.8. The Morgan fingerprint density at radius 1 is 1.32 bits per heavy atom. The molecule has 0 saturated heterocycles. The first-order valence-electron chi connectivity index (χ1n) is 7.33. The standard InChI is InChI=1S/C16H20N4O2/c1-10-4-7-14(22-3)12(8-10)17-16(21)18-13-9-20(2)19-15(13)11-5-6-11/h4,7-9,11H,5-6H2,1-3H3,(H2,17,18,21). The molecule has 0 aliphatic heterocycles. The van der Waals surface area contributed by atoms with Gasteiger partial charge in [-0.25, -0.2) is 4.79 Å². The maximum atomic E-state index is 12.3. The molecule has 0 bridgehead atoms. The van der Waals surface area contributed by atoms with Crippen LogP contribution in [-0.4, -0.2) is 22.9 Å². The van der Waals surface area contributed by atoms with Gasteiger partial charge < -0.3 is 15.4 Å². The molecule has 1 saturated carbocycles. The zero-order valence-corrected chi connectivity index (χ0v) is 13.0. The van der Waals surface area contributed by atoms with Crippen molar-refractivity contribution >= 4 is 17.4 Å². The first-order chi connectivity index (χ1) is 10.6. The Morgan fingerprint density at radius 3 is 2.73 bits per heavy atom. The smallest absolute Gasteiger partial charge is 0.323 e. The van der Waals surface area contributed by atoms with Gasteiger partial charge in [-0.1, -0.05) is 6.07 Å². The van der Waals surface area contributed by atoms with E-state index in [1.807, 2.05) is 38.4 Å². The van der Waals surface area contributed by atoms with Gasteiger partial charge in [0, 0.05) is 19.2 Å². The van der Waals surface area contributed by atoms with Crippen LogP contribution >= 0.6 is 0 Å². The van der Waals surface area contributed by atoms with Crippen LogP contribution in [0.25, 0.3) is 0 Å². The highest BCUT2D eigenvalue weighted by atomic mass is 16.5. The van der Waals surface area contributed by atoms with Gasteiger partial charge in [-0.3, -0.25) is 4.68 Å². The molecule has 6 nitrogen and oxygen atoms in total. The number of ether oxygens (including phenoxy) is 1. The number of hydrogen-bond donors (Lipinski definition) is 2. The lowest BCUT2D eigenvalue weighted by molar-refractivity contribution is 0.262. The predicted molar refractivity (Wildman–Crippen MR) is 85.6 cm³/mol. The van der Waals surface area contributed by atoms with Crippen LogP contribution in [0, 0.1) is 6.92 Å². The zero-order chi connectivity index (χ0) is 15.7. The number of anilines is 2. The van der Waals surface area contributed by atoms with Gasteiger partial charge in [0.2, 0.25) is 0 Å². The largest absolute Gasteiger partial charge is 0.495 e. The fraction of sp³-hybridized carbons (Fsp3) is 0.375. The number of aromatic nitrogens is 2. The van der Waals surface area contributed by atoms with Crippen LogP contribution in [0.4, 0.5) is 16.2 Å². The second-order valence-electron chi connectivity index (χ2n) is 5.66. The zero-order valence-electron chi connectivity index (χ0n) is 13.0. The lowest BCUT2D eigenvalue weighted by Gasteiger charge is -2.11. The number of nitrogens with one attached hydrogen (secondary N) is 2. The third-order valence-electron chi connectivity index (χ3n) is 3.67. The molecule has 2 aromatic rings. The lowest BCUT2D eigenvalue weighted by atomic mass is 10.2. The van der Waals surface area contributed by atoms with E-state index in [0.29, 0.717) is 17.4 Å². The highest BCUT2D eigenvalue weighted by molar-refractivity contribution is 6.01. The molecule has 6 heteroatoms. The van der Waals surface area contributed by atoms with Crippen LogP contribution < -0.4 is 15.4 Å². The monoisotopic (exact) mass is 300 g/mol. The molecule has 0 radical (unpaired) electrons. The number of aryl methyl sites for hydroxylation is 2. The van der Waals surface area contributed by atoms with Gasteiger partial charge >= 0.3 is 6.03 Å². The maximum absolute atomic E-state index is 12.3. The van der Waals surface area contributed by atoms with Gasteiger partial charge in [0.25, 0.3) is 0 Å². The first kappa shape index (κ1) is 14.4. The number of nitrogens with zero attached hydrogens (tertiary/aromatic N) is 2. The van der Waals surface area contributed by atoms with E-state index in [4.69, 9.17) is 4.74 Å². The van der Waals surface area contributed by atoms with Crippen LogP contribution in [0.3, 0.4) is 0 Å². The highest BCUT2D eigenvalue weighted by Gasteiger charge is 2.29. The summed E-state index contributed by atoms with van der Waals surface area (Å²) in [6.07, 6.45) is 4.11. The quantitative estimate of drug-likeness (QED) is 0.910. The third kappa shape index (κ3) is 3.05. The summed E-state index contributed by atoms with van der Waals surface area (Å²) < 4.78 is 7.00. The Hall–Kier alpha value is -2.50. The molecule has 1 fully saturated rings. The summed E-state index contributed by atoms with van der Waals surface area (Å²) in [6.45, 7) is 1.97. The van der Waals surface area contributed by atoms with E-state index in [2.05, 4.69) is 15.7 Å². The van der Waals surface area contributed by atoms with E-state index in [-0.39, 0.29) is 6.03 Å². The number of benzene rings is 1. The molecular formula is C16H20N4O2. The fourth-order valence-electron chi connectivity index (χ4n) is 2.46. The minimum atomic E-state index is -0.293. The molecule has 2 amide bonds. The van der Waals surface area contributed by atoms with Crippen molar-refractivity contribution in [3.8, 4) is 5.75 Å². The van der Waals surface area contributed by atoms with Crippen LogP contribution in [0.5, 0.6) is 5.75 Å². The van der Waals surface area contributed by atoms with E-state index in [9.17, 15) is 4.79 Å². The summed E-state index contributed by atoms with van der Waals surface area (Å²) in [5.74, 6) is 1.11. The van der Waals surface area contributed by atoms with E-state index in [0.717, 1.165) is 29.8 Å². The first-order valence-corrected chi connectivity index (χ1v) is 7.33. The number of rotatable bonds is 4. The van der Waals surface area contributed by atoms with Crippen molar-refractivity contribution in [2.24, 2.45) is 7.05 Å². The molecule has 1 aromatic carbocycles. The van der Waals surface area contributed by atoms with Crippen molar-refractivity contribution in [1.82, 2.24) is 9.78 Å². The summed E-state index contributed by atoms with van der Waals surface area (Å²) in [4.78, 5) is 12.3. The van der Waals surface area contributed by atoms with Crippen LogP contribution in [0.15, 0.2) is 24.4 Å². The average Bonchev–Trinajstić information content (AvgIpc) is 3.23. The molecule has 1 aromatic heterocycles. The molecule has 3 rings (SSSR count). The summed E-state index contributed by atoms with van der Waals surface area (Å²) in [7, 11) is 3.44. The number of urea groups is 1. The molecule has 2 N–H and O–H groups in total. The predicted octanol–water partition coefficient (Wildman–Crippen LogP) is 3.26. The molecule has 0 atom stereocenters. The third-order valence-corrected chi connectivity index (χ3v) is 3.67. The SMILES string of the molecule is COc1ccc(C)cc1NC(=O)Nc1cn(C)nc1C1CC1. The van der Waals surface area contributed by atoms with Gasteiger partial charge in [0.1, 0.15) is 5.75 Å². The Kier molecular flexibility index (Phi) is 3.75. The van der Waals surface area contributed by atoms with Gasteiger partial charge in [-0.05, 0) is 37.5 Å². The Morgan fingerprint density at radius 2 is 2.05 bits per heavy atom. The van der Waals surface area contributed by atoms with Crippen LogP contribution in [-0.2, 0) is 7.05 Å². The molecular weight excluding hydrogens is 280 g/mol. The molecule has 0 spiro atoms. The number of carbonyl (C=O) groups excluding carboxylic acids is 1. The number of amides is 2. The van der Waals surface area contributed by atoms with Crippen molar-refractivity contribution < 1.29 is 9.53 Å². The highest BCUT2D eigenvalue weighted by Crippen LogP contribution is 2.42. The second-order valence-corrected chi connectivity index (χ2v) is 5.66. The number of methoxy groups -OCH3 is 1. The maximum Gasteiger partial charge on any atom is 0.323 e. The number of carbonyl (C=O) groups is 1. The molecule has 22 heavy (non-hydrogen) atoms. The topological polar surface area (TPSA) is 68.2 Å². The summed E-state index contributed by atoms with van der Waals surface area (Å²) in [5.41, 5.74) is 3.44. The van der Waals surface area contributed by atoms with Crippen LogP contribution in [0.2, 0.25) is 0 Å². The lowest BCUT2D eigenvalue weighted by Crippen LogP contribution is -2.20.